The predicted molar refractivity (Wildman–Crippen MR) is 88.9 cm³/mol. The normalized spacial score (nSPS) is 13.2. The van der Waals surface area contributed by atoms with Crippen LogP contribution in [0.3, 0.4) is 0 Å². The van der Waals surface area contributed by atoms with Crippen molar-refractivity contribution in [1.82, 2.24) is 15.0 Å². The van der Waals surface area contributed by atoms with Gasteiger partial charge in [-0.2, -0.15) is 15.0 Å². The Morgan fingerprint density at radius 1 is 1.09 bits per heavy atom. The summed E-state index contributed by atoms with van der Waals surface area (Å²) in [5, 5.41) is 18.7. The van der Waals surface area contributed by atoms with E-state index in [0.717, 1.165) is 11.0 Å². The monoisotopic (exact) mass is 307 g/mol. The molecule has 0 spiro atoms. The molecule has 1 N–H and O–H groups in total. The number of aromatic nitrogens is 3. The quantitative estimate of drug-likeness (QED) is 0.578. The highest BCUT2D eigenvalue weighted by Gasteiger charge is 2.13. The number of ketones is 1. The van der Waals surface area contributed by atoms with E-state index in [9.17, 15) is 9.90 Å². The van der Waals surface area contributed by atoms with Crippen LogP contribution in [0.5, 0.6) is 0 Å². The number of hydrogen-bond donors (Lipinski definition) is 1. The number of carbonyl (C=O) groups is 1. The number of aliphatic hydroxyl groups excluding tert-OH is 1. The number of fused-ring (bicyclic) bond motifs is 1. The fourth-order valence-corrected chi connectivity index (χ4v) is 2.35. The molecule has 3 rings (SSSR count). The van der Waals surface area contributed by atoms with E-state index in [1.807, 2.05) is 49.4 Å². The Balaban J connectivity index is 1.72. The SMILES string of the molecule is CC(CC(=O)C=C(O)c1ccccc1)n1nc2ccccc2n1. The lowest BCUT2D eigenvalue weighted by molar-refractivity contribution is -0.115. The summed E-state index contributed by atoms with van der Waals surface area (Å²) in [6, 6.07) is 16.4. The molecule has 0 aliphatic rings. The topological polar surface area (TPSA) is 68.0 Å². The summed E-state index contributed by atoms with van der Waals surface area (Å²) in [5.74, 6) is -0.193. The Labute approximate surface area is 133 Å². The van der Waals surface area contributed by atoms with Crippen LogP contribution in [0.1, 0.15) is 24.9 Å². The first-order chi connectivity index (χ1) is 11.1. The molecular weight excluding hydrogens is 290 g/mol. The molecular formula is C18H17N3O2. The summed E-state index contributed by atoms with van der Waals surface area (Å²) in [6.45, 7) is 1.88. The van der Waals surface area contributed by atoms with Gasteiger partial charge in [0, 0.05) is 18.1 Å². The Hall–Kier alpha value is -2.95. The van der Waals surface area contributed by atoms with Crippen LogP contribution in [-0.4, -0.2) is 25.9 Å². The standard InChI is InChI=1S/C18H17N3O2/c1-13(21-19-16-9-5-6-10-17(16)20-21)11-15(22)12-18(23)14-7-3-2-4-8-14/h2-10,12-13,23H,11H2,1H3. The maximum Gasteiger partial charge on any atom is 0.161 e. The average Bonchev–Trinajstić information content (AvgIpc) is 2.99. The summed E-state index contributed by atoms with van der Waals surface area (Å²) >= 11 is 0. The number of nitrogens with zero attached hydrogens (tertiary/aromatic N) is 3. The molecule has 116 valence electrons. The van der Waals surface area contributed by atoms with Gasteiger partial charge in [0.25, 0.3) is 0 Å². The summed E-state index contributed by atoms with van der Waals surface area (Å²) in [4.78, 5) is 13.7. The molecule has 0 radical (unpaired) electrons. The van der Waals surface area contributed by atoms with Crippen molar-refractivity contribution in [3.05, 3.63) is 66.2 Å². The summed E-state index contributed by atoms with van der Waals surface area (Å²) in [7, 11) is 0. The second-order valence-electron chi connectivity index (χ2n) is 5.42. The highest BCUT2D eigenvalue weighted by molar-refractivity contribution is 5.95. The highest BCUT2D eigenvalue weighted by Crippen LogP contribution is 2.16. The van der Waals surface area contributed by atoms with Gasteiger partial charge >= 0.3 is 0 Å². The van der Waals surface area contributed by atoms with Crippen molar-refractivity contribution < 1.29 is 9.90 Å². The van der Waals surface area contributed by atoms with E-state index in [1.54, 1.807) is 16.9 Å². The molecule has 23 heavy (non-hydrogen) atoms. The zero-order valence-corrected chi connectivity index (χ0v) is 12.8. The van der Waals surface area contributed by atoms with Crippen molar-refractivity contribution in [2.45, 2.75) is 19.4 Å². The van der Waals surface area contributed by atoms with E-state index in [4.69, 9.17) is 0 Å². The highest BCUT2D eigenvalue weighted by atomic mass is 16.3. The van der Waals surface area contributed by atoms with Crippen LogP contribution in [0, 0.1) is 0 Å². The molecule has 0 fully saturated rings. The molecule has 3 aromatic rings. The number of allylic oxidation sites excluding steroid dienone is 1. The first-order valence-electron chi connectivity index (χ1n) is 7.44. The Morgan fingerprint density at radius 3 is 2.26 bits per heavy atom. The fourth-order valence-electron chi connectivity index (χ4n) is 2.35. The lowest BCUT2D eigenvalue weighted by atomic mass is 10.1. The van der Waals surface area contributed by atoms with Gasteiger partial charge in [-0.15, -0.1) is 0 Å². The van der Waals surface area contributed by atoms with Gasteiger partial charge < -0.3 is 5.11 Å². The maximum atomic E-state index is 12.1. The van der Waals surface area contributed by atoms with E-state index in [2.05, 4.69) is 10.2 Å². The maximum absolute atomic E-state index is 12.1. The van der Waals surface area contributed by atoms with Crippen molar-refractivity contribution in [3.63, 3.8) is 0 Å². The van der Waals surface area contributed by atoms with E-state index in [1.165, 1.54) is 6.08 Å². The van der Waals surface area contributed by atoms with Crippen LogP contribution in [0.4, 0.5) is 0 Å². The lowest BCUT2D eigenvalue weighted by Crippen LogP contribution is -2.12. The van der Waals surface area contributed by atoms with Crippen LogP contribution in [0.2, 0.25) is 0 Å². The van der Waals surface area contributed by atoms with Crippen molar-refractivity contribution >= 4 is 22.6 Å². The van der Waals surface area contributed by atoms with E-state index in [0.29, 0.717) is 5.56 Å². The van der Waals surface area contributed by atoms with Crippen molar-refractivity contribution in [2.75, 3.05) is 0 Å². The van der Waals surface area contributed by atoms with Gasteiger partial charge in [-0.05, 0) is 19.1 Å². The number of benzene rings is 2. The van der Waals surface area contributed by atoms with Crippen LogP contribution >= 0.6 is 0 Å². The molecule has 0 aliphatic carbocycles. The Kier molecular flexibility index (Phi) is 4.19. The number of aliphatic hydroxyl groups is 1. The van der Waals surface area contributed by atoms with E-state index in [-0.39, 0.29) is 24.0 Å². The molecule has 0 aliphatic heterocycles. The molecule has 0 saturated heterocycles. The number of carbonyl (C=O) groups excluding carboxylic acids is 1. The molecule has 1 unspecified atom stereocenters. The van der Waals surface area contributed by atoms with E-state index < -0.39 is 0 Å². The molecule has 5 heteroatoms. The van der Waals surface area contributed by atoms with Crippen molar-refractivity contribution in [1.29, 1.82) is 0 Å². The Bertz CT molecular complexity index is 820. The summed E-state index contributed by atoms with van der Waals surface area (Å²) in [5.41, 5.74) is 2.22. The third kappa shape index (κ3) is 3.45. The first-order valence-corrected chi connectivity index (χ1v) is 7.44. The third-order valence-corrected chi connectivity index (χ3v) is 3.56. The minimum absolute atomic E-state index is 0.0265. The molecule has 0 saturated carbocycles. The number of rotatable bonds is 5. The van der Waals surface area contributed by atoms with Crippen LogP contribution < -0.4 is 0 Å². The van der Waals surface area contributed by atoms with Gasteiger partial charge in [-0.1, -0.05) is 42.5 Å². The summed E-state index contributed by atoms with van der Waals surface area (Å²) in [6.07, 6.45) is 1.48. The van der Waals surface area contributed by atoms with Crippen LogP contribution in [0.15, 0.2) is 60.7 Å². The fraction of sp³-hybridized carbons (Fsp3) is 0.167. The molecule has 1 heterocycles. The molecule has 5 nitrogen and oxygen atoms in total. The van der Waals surface area contributed by atoms with Crippen molar-refractivity contribution in [2.24, 2.45) is 0 Å². The second-order valence-corrected chi connectivity index (χ2v) is 5.42. The third-order valence-electron chi connectivity index (χ3n) is 3.56. The average molecular weight is 307 g/mol. The minimum atomic E-state index is -0.185. The van der Waals surface area contributed by atoms with Gasteiger partial charge in [0.05, 0.1) is 6.04 Å². The van der Waals surface area contributed by atoms with Crippen molar-refractivity contribution in [3.8, 4) is 0 Å². The summed E-state index contributed by atoms with van der Waals surface area (Å²) < 4.78 is 0. The largest absolute Gasteiger partial charge is 0.507 e. The second kappa shape index (κ2) is 6.44. The zero-order chi connectivity index (χ0) is 16.2. The van der Waals surface area contributed by atoms with Gasteiger partial charge in [0.2, 0.25) is 0 Å². The van der Waals surface area contributed by atoms with Gasteiger partial charge in [-0.3, -0.25) is 4.79 Å². The predicted octanol–water partition coefficient (Wildman–Crippen LogP) is 3.55. The van der Waals surface area contributed by atoms with Gasteiger partial charge in [0.1, 0.15) is 16.8 Å². The number of hydrogen-bond acceptors (Lipinski definition) is 4. The molecule has 1 aromatic heterocycles. The van der Waals surface area contributed by atoms with E-state index >= 15 is 0 Å². The molecule has 1 atom stereocenters. The molecule has 2 aromatic carbocycles. The Morgan fingerprint density at radius 2 is 1.65 bits per heavy atom. The first kappa shape index (κ1) is 15.0. The molecule has 0 amide bonds. The smallest absolute Gasteiger partial charge is 0.161 e. The van der Waals surface area contributed by atoms with Crippen LogP contribution in [-0.2, 0) is 4.79 Å². The van der Waals surface area contributed by atoms with Gasteiger partial charge in [-0.25, -0.2) is 0 Å². The molecule has 0 bridgehead atoms. The minimum Gasteiger partial charge on any atom is -0.507 e. The lowest BCUT2D eigenvalue weighted by Gasteiger charge is -2.08. The zero-order valence-electron chi connectivity index (χ0n) is 12.8. The van der Waals surface area contributed by atoms with Crippen LogP contribution in [0.25, 0.3) is 16.8 Å². The van der Waals surface area contributed by atoms with Gasteiger partial charge in [0.15, 0.2) is 5.78 Å².